The second-order valence-electron chi connectivity index (χ2n) is 30.4. The molecule has 0 saturated carbocycles. The lowest BCUT2D eigenvalue weighted by Crippen LogP contribution is -2.56. The Bertz CT molecular complexity index is 7990. The summed E-state index contributed by atoms with van der Waals surface area (Å²) in [7, 11) is -9.34. The summed E-state index contributed by atoms with van der Waals surface area (Å²) in [6.07, 6.45) is 24.4. The van der Waals surface area contributed by atoms with Crippen LogP contribution in [-0.2, 0) is 72.0 Å². The number of benzene rings is 4. The number of aromatic nitrogens is 20. The van der Waals surface area contributed by atoms with Crippen molar-refractivity contribution in [3.05, 3.63) is 218 Å². The van der Waals surface area contributed by atoms with Crippen LogP contribution in [0, 0.1) is 17.2 Å². The first-order chi connectivity index (χ1) is 66.4. The first-order valence-corrected chi connectivity index (χ1v) is 47.2. The molecule has 44 nitrogen and oxygen atoms in total. The van der Waals surface area contributed by atoms with Crippen molar-refractivity contribution < 1.29 is 112 Å². The van der Waals surface area contributed by atoms with Crippen LogP contribution >= 0.6 is 0 Å². The lowest BCUT2D eigenvalue weighted by molar-refractivity contribution is -0.131. The van der Waals surface area contributed by atoms with Crippen LogP contribution in [0.1, 0.15) is 62.2 Å². The molecule has 5 amide bonds. The van der Waals surface area contributed by atoms with E-state index in [1.165, 1.54) is 154 Å². The molecular formula is C84H75F8N27O17S4. The van der Waals surface area contributed by atoms with Crippen molar-refractivity contribution in [1.29, 1.82) is 5.26 Å². The van der Waals surface area contributed by atoms with Crippen LogP contribution in [0.5, 0.6) is 23.0 Å². The van der Waals surface area contributed by atoms with Gasteiger partial charge >= 0.3 is 26.4 Å². The number of carbonyl (C=O) groups excluding carboxylic acids is 5. The van der Waals surface area contributed by atoms with Gasteiger partial charge < -0.3 is 45.1 Å². The van der Waals surface area contributed by atoms with E-state index in [2.05, 4.69) is 106 Å². The standard InChI is InChI=1S/C23H21F2N7O5S.C22H22F2N6O4S.C20H15F2N7O4S.C19H17F2N7O4S/c1-13(33)31-10-15(11-31)38(35,36)14-4-5-19(37-23(24)25)16(8-14)20-18(12-30(2)29-20)28-22(34)17-9-27-32-7-3-6-26-21(17)32;1-13(2)12-35(32,33)14-5-6-18(34-22(23)24)15(9-14)19-17(11-29(3)28-19)27-21(31)16-10-26-30-8-4-7-25-20(16)30;1-34(31,32)12-3-4-16(33-20(21)22)13(9-12)17-15(11-28(27-17)8-5-23)26-19(30)14-10-25-29-7-2-6-24-18(14)29;1-22-33(30,31)11-4-5-15(32-19(20)21)12(8-11)16-14(10-27(2)26-16)25-18(29)13-9-24-28-7-3-6-23-17(13)28/h3-9,12,15,23H,10-11H2,1-2H3,(H,28,34);4-11,13,22H,12H2,1-3H3,(H,27,31);2-4,6-7,9-11,20H,8H2,1H3,(H,26,30);3-10,19,22H,1-2H3,(H,25,29). The van der Waals surface area contributed by atoms with E-state index in [1.807, 2.05) is 6.07 Å². The van der Waals surface area contributed by atoms with Gasteiger partial charge in [-0.1, -0.05) is 13.8 Å². The van der Waals surface area contributed by atoms with Crippen LogP contribution in [0.4, 0.5) is 57.9 Å². The van der Waals surface area contributed by atoms with E-state index in [9.17, 15) is 92.8 Å². The number of anilines is 4. The van der Waals surface area contributed by atoms with E-state index < -0.39 is 94.9 Å². The molecule has 1 fully saturated rings. The van der Waals surface area contributed by atoms with Gasteiger partial charge in [0.1, 0.15) is 79.8 Å². The van der Waals surface area contributed by atoms with Crippen molar-refractivity contribution in [2.75, 3.05) is 53.4 Å². The number of nitrogens with one attached hydrogen (secondary N) is 5. The normalized spacial score (nSPS) is 12.4. The zero-order valence-corrected chi connectivity index (χ0v) is 77.0. The van der Waals surface area contributed by atoms with Crippen LogP contribution in [-0.4, -0.2) is 229 Å². The molecule has 728 valence electrons. The van der Waals surface area contributed by atoms with Gasteiger partial charge in [-0.05, 0) is 110 Å². The predicted octanol–water partition coefficient (Wildman–Crippen LogP) is 9.67. The second kappa shape index (κ2) is 41.2. The number of ether oxygens (including phenoxy) is 4. The smallest absolute Gasteiger partial charge is 0.387 e. The number of amides is 5. The summed E-state index contributed by atoms with van der Waals surface area (Å²) in [6.45, 7) is -8.02. The Hall–Kier alpha value is -16.6. The highest BCUT2D eigenvalue weighted by Gasteiger charge is 2.41. The molecule has 0 unspecified atom stereocenters. The SMILES string of the molecule is CC(=O)N1CC(S(=O)(=O)c2ccc(OC(F)F)c(-c3nn(C)cc3NC(=O)c3cnn4cccnc34)c2)C1.CC(C)CS(=O)(=O)c1ccc(OC(F)F)c(-c2nn(C)cc2NC(=O)c2cnn3cccnc23)c1.CNS(=O)(=O)c1ccc(OC(F)F)c(-c2nn(C)cc2NC(=O)c2cnn3cccnc23)c1.CS(=O)(=O)c1ccc(OC(F)F)c(-c2nn(CC#N)cc2NC(=O)c2cnn3cccnc23)c1. The third-order valence-corrected chi connectivity index (χ3v) is 26.9. The van der Waals surface area contributed by atoms with E-state index >= 15 is 0 Å². The summed E-state index contributed by atoms with van der Waals surface area (Å²) in [5, 5.41) is 52.0. The molecule has 1 saturated heterocycles. The predicted molar refractivity (Wildman–Crippen MR) is 479 cm³/mol. The molecule has 4 aromatic carbocycles. The average Bonchev–Trinajstić information content (AvgIpc) is 1.09. The van der Waals surface area contributed by atoms with Gasteiger partial charge in [-0.2, -0.15) is 81.2 Å². The molecule has 0 bridgehead atoms. The number of sulfonamides is 1. The number of hydrogen-bond donors (Lipinski definition) is 5. The molecule has 0 aliphatic carbocycles. The molecule has 5 N–H and O–H groups in total. The maximum atomic E-state index is 13.2. The Balaban J connectivity index is 0.000000149. The zero-order chi connectivity index (χ0) is 101. The number of halogens is 8. The summed E-state index contributed by atoms with van der Waals surface area (Å²) in [5.41, 5.74) is 2.02. The van der Waals surface area contributed by atoms with Crippen molar-refractivity contribution in [1.82, 2.24) is 107 Å². The first-order valence-electron chi connectivity index (χ1n) is 40.6. The summed E-state index contributed by atoms with van der Waals surface area (Å²) in [5.74, 6) is -4.17. The Morgan fingerprint density at radius 1 is 0.450 bits per heavy atom. The minimum Gasteiger partial charge on any atom is -0.434 e. The molecule has 12 aromatic heterocycles. The van der Waals surface area contributed by atoms with E-state index in [1.54, 1.807) is 84.0 Å². The van der Waals surface area contributed by atoms with Gasteiger partial charge in [-0.3, -0.25) is 42.7 Å². The molecule has 0 radical (unpaired) electrons. The van der Waals surface area contributed by atoms with Crippen LogP contribution < -0.4 is 44.9 Å². The largest absolute Gasteiger partial charge is 0.434 e. The van der Waals surface area contributed by atoms with Crippen molar-refractivity contribution in [2.45, 2.75) is 78.6 Å². The minimum absolute atomic E-state index is 0.0102. The van der Waals surface area contributed by atoms with E-state index in [0.717, 1.165) is 54.8 Å². The highest BCUT2D eigenvalue weighted by molar-refractivity contribution is 7.92. The van der Waals surface area contributed by atoms with Gasteiger partial charge in [-0.15, -0.1) is 0 Å². The fourth-order valence-electron chi connectivity index (χ4n) is 14.0. The van der Waals surface area contributed by atoms with Crippen LogP contribution in [0.15, 0.2) is 216 Å². The third-order valence-electron chi connectivity index (χ3n) is 20.2. The van der Waals surface area contributed by atoms with Crippen molar-refractivity contribution in [3.63, 3.8) is 0 Å². The highest BCUT2D eigenvalue weighted by atomic mass is 32.2. The van der Waals surface area contributed by atoms with Crippen molar-refractivity contribution >= 4 is 114 Å². The summed E-state index contributed by atoms with van der Waals surface area (Å²) in [4.78, 5) is 80.8. The first kappa shape index (κ1) is 99.4. The Kier molecular flexibility index (Phi) is 29.2. The van der Waals surface area contributed by atoms with Gasteiger partial charge in [0.15, 0.2) is 52.1 Å². The number of nitrogens with zero attached hydrogens (tertiary/aromatic N) is 22. The van der Waals surface area contributed by atoms with Gasteiger partial charge in [0.05, 0.1) is 85.1 Å². The van der Waals surface area contributed by atoms with Gasteiger partial charge in [-0.25, -0.2) is 76.4 Å². The van der Waals surface area contributed by atoms with E-state index in [0.29, 0.717) is 16.9 Å². The van der Waals surface area contributed by atoms with Crippen LogP contribution in [0.25, 0.3) is 67.6 Å². The molecule has 13 heterocycles. The molecule has 0 spiro atoms. The van der Waals surface area contributed by atoms with Crippen LogP contribution in [0.2, 0.25) is 0 Å². The monoisotopic (exact) mass is 2010 g/mol. The van der Waals surface area contributed by atoms with E-state index in [-0.39, 0.29) is 175 Å². The number of nitriles is 1. The summed E-state index contributed by atoms with van der Waals surface area (Å²) >= 11 is 0. The quantitative estimate of drug-likeness (QED) is 0.0272. The van der Waals surface area contributed by atoms with Crippen LogP contribution in [0.3, 0.4) is 0 Å². The molecule has 17 rings (SSSR count). The maximum absolute atomic E-state index is 13.2. The fourth-order valence-corrected chi connectivity index (χ4v) is 18.7. The highest BCUT2D eigenvalue weighted by Crippen LogP contribution is 2.43. The summed E-state index contributed by atoms with van der Waals surface area (Å²) < 4.78 is 237. The number of aryl methyl sites for hydroxylation is 3. The van der Waals surface area contributed by atoms with Gasteiger partial charge in [0, 0.05) is 138 Å². The minimum atomic E-state index is -3.91. The number of fused-ring (bicyclic) bond motifs is 4. The zero-order valence-electron chi connectivity index (χ0n) is 73.7. The molecule has 1 aliphatic rings. The lowest BCUT2D eigenvalue weighted by Gasteiger charge is -2.38. The van der Waals surface area contributed by atoms with Gasteiger partial charge in [0.25, 0.3) is 23.6 Å². The lowest BCUT2D eigenvalue weighted by atomic mass is 10.1. The number of alkyl halides is 8. The number of rotatable bonds is 29. The number of sulfone groups is 3. The van der Waals surface area contributed by atoms with Crippen molar-refractivity contribution in [3.8, 4) is 74.1 Å². The topological polar surface area (TPSA) is 538 Å². The number of likely N-dealkylation sites (tertiary alicyclic amines) is 1. The molecule has 1 aliphatic heterocycles. The summed E-state index contributed by atoms with van der Waals surface area (Å²) in [6, 6.07) is 22.2. The Labute approximate surface area is 785 Å². The molecule has 56 heteroatoms. The van der Waals surface area contributed by atoms with E-state index in [4.69, 9.17) is 5.26 Å². The van der Waals surface area contributed by atoms with Gasteiger partial charge in [0.2, 0.25) is 15.9 Å². The fraction of sp³-hybridized carbons (Fsp3) is 0.214. The average molecular weight is 2010 g/mol. The molecule has 16 aromatic rings. The van der Waals surface area contributed by atoms with Crippen molar-refractivity contribution in [2.24, 2.45) is 27.1 Å². The Morgan fingerprint density at radius 2 is 0.757 bits per heavy atom. The molecule has 140 heavy (non-hydrogen) atoms. The number of carbonyl (C=O) groups is 5. The number of hydrogen-bond acceptors (Lipinski definition) is 30. The second-order valence-corrected chi connectivity index (χ2v) is 38.6. The maximum Gasteiger partial charge on any atom is 0.387 e. The Morgan fingerprint density at radius 3 is 1.08 bits per heavy atom. The third kappa shape index (κ3) is 22.4. The molecule has 0 atom stereocenters. The molecular weight excluding hydrogens is 1940 g/mol.